The molecule has 0 saturated heterocycles. The summed E-state index contributed by atoms with van der Waals surface area (Å²) < 4.78 is 13.0. The van der Waals surface area contributed by atoms with Crippen LogP contribution in [0.5, 0.6) is 0 Å². The minimum Gasteiger partial charge on any atom is -0.310 e. The van der Waals surface area contributed by atoms with Gasteiger partial charge in [0.25, 0.3) is 0 Å². The first-order chi connectivity index (χ1) is 7.99. The predicted molar refractivity (Wildman–Crippen MR) is 71.8 cm³/mol. The zero-order valence-corrected chi connectivity index (χ0v) is 11.5. The first-order valence-corrected chi connectivity index (χ1v) is 6.54. The van der Waals surface area contributed by atoms with Gasteiger partial charge in [-0.2, -0.15) is 0 Å². The molecule has 0 bridgehead atoms. The fourth-order valence-electron chi connectivity index (χ4n) is 1.65. The van der Waals surface area contributed by atoms with Gasteiger partial charge in [0.05, 0.1) is 0 Å². The minimum atomic E-state index is -0.235. The number of rotatable bonds is 6. The molecule has 96 valence electrons. The second-order valence-corrected chi connectivity index (χ2v) is 5.40. The molecule has 0 aliphatic heterocycles. The molecule has 1 rings (SSSR count). The van der Waals surface area contributed by atoms with Crippen molar-refractivity contribution >= 4 is 11.6 Å². The summed E-state index contributed by atoms with van der Waals surface area (Å²) in [5, 5.41) is 3.99. The quantitative estimate of drug-likeness (QED) is 0.797. The SMILES string of the molecule is CC(C)CCC(C)NCc1cc(F)ccc1Cl. The van der Waals surface area contributed by atoms with Crippen molar-refractivity contribution in [3.63, 3.8) is 0 Å². The Labute approximate surface area is 108 Å². The summed E-state index contributed by atoms with van der Waals surface area (Å²) in [5.41, 5.74) is 0.822. The van der Waals surface area contributed by atoms with Gasteiger partial charge in [-0.1, -0.05) is 25.4 Å². The molecular formula is C14H21ClFN. The van der Waals surface area contributed by atoms with Gasteiger partial charge in [-0.15, -0.1) is 0 Å². The van der Waals surface area contributed by atoms with E-state index in [1.54, 1.807) is 6.07 Å². The van der Waals surface area contributed by atoms with Gasteiger partial charge in [-0.3, -0.25) is 0 Å². The summed E-state index contributed by atoms with van der Waals surface area (Å²) in [6, 6.07) is 4.90. The molecule has 0 aliphatic rings. The third kappa shape index (κ3) is 5.51. The smallest absolute Gasteiger partial charge is 0.123 e. The molecular weight excluding hydrogens is 237 g/mol. The first-order valence-electron chi connectivity index (χ1n) is 6.16. The molecule has 1 N–H and O–H groups in total. The highest BCUT2D eigenvalue weighted by Gasteiger charge is 2.06. The lowest BCUT2D eigenvalue weighted by molar-refractivity contribution is 0.450. The number of hydrogen-bond donors (Lipinski definition) is 1. The normalized spacial score (nSPS) is 13.1. The van der Waals surface area contributed by atoms with Gasteiger partial charge in [0.2, 0.25) is 0 Å². The van der Waals surface area contributed by atoms with Crippen molar-refractivity contribution < 1.29 is 4.39 Å². The number of nitrogens with one attached hydrogen (secondary N) is 1. The summed E-state index contributed by atoms with van der Waals surface area (Å²) in [6.45, 7) is 7.21. The molecule has 0 aliphatic carbocycles. The van der Waals surface area contributed by atoms with Crippen molar-refractivity contribution in [1.29, 1.82) is 0 Å². The van der Waals surface area contributed by atoms with Crippen LogP contribution in [-0.4, -0.2) is 6.04 Å². The van der Waals surface area contributed by atoms with Gasteiger partial charge >= 0.3 is 0 Å². The van der Waals surface area contributed by atoms with Crippen LogP contribution in [0.1, 0.15) is 39.2 Å². The van der Waals surface area contributed by atoms with E-state index in [1.807, 2.05) is 0 Å². The van der Waals surface area contributed by atoms with Gasteiger partial charge < -0.3 is 5.32 Å². The maximum Gasteiger partial charge on any atom is 0.123 e. The molecule has 1 atom stereocenters. The lowest BCUT2D eigenvalue weighted by Gasteiger charge is -2.15. The molecule has 1 nitrogen and oxygen atoms in total. The lowest BCUT2D eigenvalue weighted by Crippen LogP contribution is -2.25. The Bertz CT molecular complexity index is 352. The average molecular weight is 258 g/mol. The van der Waals surface area contributed by atoms with E-state index in [-0.39, 0.29) is 5.82 Å². The summed E-state index contributed by atoms with van der Waals surface area (Å²) in [7, 11) is 0. The van der Waals surface area contributed by atoms with Crippen molar-refractivity contribution in [2.45, 2.75) is 46.2 Å². The molecule has 0 heterocycles. The highest BCUT2D eigenvalue weighted by molar-refractivity contribution is 6.31. The molecule has 17 heavy (non-hydrogen) atoms. The molecule has 0 aromatic heterocycles. The van der Waals surface area contributed by atoms with E-state index in [0.717, 1.165) is 17.9 Å². The summed E-state index contributed by atoms with van der Waals surface area (Å²) in [5.74, 6) is 0.484. The number of hydrogen-bond acceptors (Lipinski definition) is 1. The molecule has 0 fully saturated rings. The molecule has 1 aromatic carbocycles. The topological polar surface area (TPSA) is 12.0 Å². The minimum absolute atomic E-state index is 0.235. The Kier molecular flexibility index (Phi) is 5.93. The van der Waals surface area contributed by atoms with Crippen LogP contribution in [-0.2, 0) is 6.54 Å². The van der Waals surface area contributed by atoms with E-state index in [2.05, 4.69) is 26.1 Å². The fraction of sp³-hybridized carbons (Fsp3) is 0.571. The Morgan fingerprint density at radius 1 is 1.24 bits per heavy atom. The van der Waals surface area contributed by atoms with E-state index in [0.29, 0.717) is 17.6 Å². The zero-order valence-electron chi connectivity index (χ0n) is 10.8. The van der Waals surface area contributed by atoms with Gasteiger partial charge in [0.1, 0.15) is 5.82 Å². The van der Waals surface area contributed by atoms with Gasteiger partial charge in [-0.05, 0) is 49.4 Å². The van der Waals surface area contributed by atoms with Crippen molar-refractivity contribution in [3.8, 4) is 0 Å². The summed E-state index contributed by atoms with van der Waals surface area (Å²) in [6.07, 6.45) is 2.33. The first kappa shape index (κ1) is 14.5. The van der Waals surface area contributed by atoms with Gasteiger partial charge in [-0.25, -0.2) is 4.39 Å². The third-order valence-corrected chi connectivity index (χ3v) is 3.19. The Morgan fingerprint density at radius 3 is 2.59 bits per heavy atom. The Balaban J connectivity index is 2.41. The van der Waals surface area contributed by atoms with E-state index in [1.165, 1.54) is 18.6 Å². The standard InChI is InChI=1S/C14H21ClFN/c1-10(2)4-5-11(3)17-9-12-8-13(16)6-7-14(12)15/h6-8,10-11,17H,4-5,9H2,1-3H3. The molecule has 0 spiro atoms. The highest BCUT2D eigenvalue weighted by Crippen LogP contribution is 2.17. The summed E-state index contributed by atoms with van der Waals surface area (Å²) >= 11 is 6.00. The Morgan fingerprint density at radius 2 is 1.94 bits per heavy atom. The molecule has 1 aromatic rings. The summed E-state index contributed by atoms with van der Waals surface area (Å²) in [4.78, 5) is 0. The zero-order chi connectivity index (χ0) is 12.8. The van der Waals surface area contributed by atoms with E-state index in [4.69, 9.17) is 11.6 Å². The average Bonchev–Trinajstić information content (AvgIpc) is 2.27. The second kappa shape index (κ2) is 6.97. The molecule has 1 unspecified atom stereocenters. The number of halogens is 2. The third-order valence-electron chi connectivity index (χ3n) is 2.83. The molecule has 0 radical (unpaired) electrons. The van der Waals surface area contributed by atoms with E-state index in [9.17, 15) is 4.39 Å². The van der Waals surface area contributed by atoms with Crippen LogP contribution in [0.3, 0.4) is 0 Å². The van der Waals surface area contributed by atoms with E-state index < -0.39 is 0 Å². The molecule has 3 heteroatoms. The maximum absolute atomic E-state index is 13.0. The molecule has 0 amide bonds. The monoisotopic (exact) mass is 257 g/mol. The van der Waals surface area contributed by atoms with Crippen LogP contribution in [0.25, 0.3) is 0 Å². The van der Waals surface area contributed by atoms with Crippen LogP contribution in [0, 0.1) is 11.7 Å². The van der Waals surface area contributed by atoms with Crippen LogP contribution in [0.2, 0.25) is 5.02 Å². The lowest BCUT2D eigenvalue weighted by atomic mass is 10.0. The van der Waals surface area contributed by atoms with Crippen LogP contribution >= 0.6 is 11.6 Å². The molecule has 0 saturated carbocycles. The second-order valence-electron chi connectivity index (χ2n) is 4.99. The predicted octanol–water partition coefficient (Wildman–Crippen LogP) is 4.39. The Hall–Kier alpha value is -0.600. The van der Waals surface area contributed by atoms with Crippen molar-refractivity contribution in [2.24, 2.45) is 5.92 Å². The largest absolute Gasteiger partial charge is 0.310 e. The van der Waals surface area contributed by atoms with Gasteiger partial charge in [0, 0.05) is 17.6 Å². The van der Waals surface area contributed by atoms with E-state index >= 15 is 0 Å². The fourth-order valence-corrected chi connectivity index (χ4v) is 1.83. The number of benzene rings is 1. The van der Waals surface area contributed by atoms with Crippen molar-refractivity contribution in [2.75, 3.05) is 0 Å². The van der Waals surface area contributed by atoms with Crippen LogP contribution in [0.4, 0.5) is 4.39 Å². The maximum atomic E-state index is 13.0. The van der Waals surface area contributed by atoms with Crippen LogP contribution in [0.15, 0.2) is 18.2 Å². The van der Waals surface area contributed by atoms with Crippen molar-refractivity contribution in [3.05, 3.63) is 34.6 Å². The van der Waals surface area contributed by atoms with Crippen LogP contribution < -0.4 is 5.32 Å². The van der Waals surface area contributed by atoms with Crippen molar-refractivity contribution in [1.82, 2.24) is 5.32 Å². The van der Waals surface area contributed by atoms with Gasteiger partial charge in [0.15, 0.2) is 0 Å². The highest BCUT2D eigenvalue weighted by atomic mass is 35.5.